The van der Waals surface area contributed by atoms with E-state index in [4.69, 9.17) is 4.74 Å². The molecule has 3 nitrogen and oxygen atoms in total. The van der Waals surface area contributed by atoms with E-state index in [-0.39, 0.29) is 21.7 Å². The third-order valence-electron chi connectivity index (χ3n) is 10.6. The van der Waals surface area contributed by atoms with Crippen LogP contribution in [0.15, 0.2) is 24.3 Å². The van der Waals surface area contributed by atoms with Crippen LogP contribution in [0.4, 0.5) is 0 Å². The molecule has 0 heterocycles. The Labute approximate surface area is 178 Å². The van der Waals surface area contributed by atoms with Crippen molar-refractivity contribution < 1.29 is 14.3 Å². The molecule has 0 saturated heterocycles. The monoisotopic (exact) mass is 402 g/mol. The Bertz CT molecular complexity index is 701. The zero-order valence-electron chi connectivity index (χ0n) is 20.7. The highest BCUT2D eigenvalue weighted by molar-refractivity contribution is 5.94. The van der Waals surface area contributed by atoms with Crippen LogP contribution in [0.2, 0.25) is 0 Å². The lowest BCUT2D eigenvalue weighted by molar-refractivity contribution is -0.185. The first-order valence-electron chi connectivity index (χ1n) is 11.0. The summed E-state index contributed by atoms with van der Waals surface area (Å²) in [6, 6.07) is 0. The predicted octanol–water partition coefficient (Wildman–Crippen LogP) is 6.59. The van der Waals surface area contributed by atoms with Crippen LogP contribution < -0.4 is 0 Å². The molecule has 0 N–H and O–H groups in total. The van der Waals surface area contributed by atoms with Gasteiger partial charge in [-0.05, 0) is 47.3 Å². The number of carbonyl (C=O) groups excluding carboxylic acids is 2. The quantitative estimate of drug-likeness (QED) is 0.297. The van der Waals surface area contributed by atoms with Crippen molar-refractivity contribution in [1.29, 1.82) is 0 Å². The fraction of sp³-hybridized carbons (Fsp3) is 0.769. The molecule has 3 heteroatoms. The molecule has 4 unspecified atom stereocenters. The number of hydrogen-bond donors (Lipinski definition) is 0. The van der Waals surface area contributed by atoms with E-state index in [2.05, 4.69) is 81.4 Å². The minimum atomic E-state index is -0.875. The van der Waals surface area contributed by atoms with E-state index >= 15 is 0 Å². The second-order valence-electron chi connectivity index (χ2n) is 12.1. The molecule has 2 aliphatic carbocycles. The molecule has 0 aromatic rings. The lowest BCUT2D eigenvalue weighted by atomic mass is 9.47. The molecule has 0 aromatic heterocycles. The number of esters is 2. The summed E-state index contributed by atoms with van der Waals surface area (Å²) in [5, 5.41) is 0. The number of carbonyl (C=O) groups is 2. The summed E-state index contributed by atoms with van der Waals surface area (Å²) in [5.41, 5.74) is -2.75. The first-order chi connectivity index (χ1) is 12.8. The molecule has 2 rings (SSSR count). The Morgan fingerprint density at radius 1 is 0.621 bits per heavy atom. The van der Waals surface area contributed by atoms with E-state index in [1.807, 2.05) is 26.0 Å². The topological polar surface area (TPSA) is 43.4 Å². The van der Waals surface area contributed by atoms with Crippen LogP contribution >= 0.6 is 0 Å². The molecule has 0 aliphatic heterocycles. The number of hydrogen-bond acceptors (Lipinski definition) is 3. The summed E-state index contributed by atoms with van der Waals surface area (Å²) >= 11 is 0. The van der Waals surface area contributed by atoms with Crippen molar-refractivity contribution in [3.63, 3.8) is 0 Å². The summed E-state index contributed by atoms with van der Waals surface area (Å²) in [7, 11) is 0. The molecule has 0 radical (unpaired) electrons. The fourth-order valence-corrected chi connectivity index (χ4v) is 4.99. The summed E-state index contributed by atoms with van der Waals surface area (Å²) in [6.45, 7) is 25.3. The average Bonchev–Trinajstić information content (AvgIpc) is 2.60. The van der Waals surface area contributed by atoms with Crippen LogP contribution in [0.5, 0.6) is 0 Å². The van der Waals surface area contributed by atoms with Gasteiger partial charge >= 0.3 is 11.9 Å². The highest BCUT2D eigenvalue weighted by atomic mass is 16.6. The van der Waals surface area contributed by atoms with Gasteiger partial charge in [0, 0.05) is 0 Å². The van der Waals surface area contributed by atoms with Gasteiger partial charge in [0.2, 0.25) is 0 Å². The maximum absolute atomic E-state index is 13.4. The third kappa shape index (κ3) is 2.90. The van der Waals surface area contributed by atoms with E-state index in [1.54, 1.807) is 0 Å². The molecular weight excluding hydrogens is 360 g/mol. The van der Waals surface area contributed by atoms with E-state index in [9.17, 15) is 9.59 Å². The van der Waals surface area contributed by atoms with E-state index in [0.29, 0.717) is 11.8 Å². The van der Waals surface area contributed by atoms with Gasteiger partial charge in [-0.2, -0.15) is 0 Å². The Hall–Kier alpha value is -1.38. The summed E-state index contributed by atoms with van der Waals surface area (Å²) in [6.07, 6.45) is 8.09. The Morgan fingerprint density at radius 3 is 1.17 bits per heavy atom. The first kappa shape index (κ1) is 23.9. The fourth-order valence-electron chi connectivity index (χ4n) is 4.99. The van der Waals surface area contributed by atoms with Crippen LogP contribution in [-0.4, -0.2) is 11.9 Å². The van der Waals surface area contributed by atoms with E-state index in [1.165, 1.54) is 0 Å². The molecule has 0 amide bonds. The summed E-state index contributed by atoms with van der Waals surface area (Å²) in [5.74, 6) is -0.251. The largest absolute Gasteiger partial charge is 0.392 e. The zero-order chi connectivity index (χ0) is 22.8. The Morgan fingerprint density at radius 2 is 0.897 bits per heavy atom. The maximum atomic E-state index is 13.4. The molecule has 0 saturated carbocycles. The normalized spacial score (nSPS) is 39.0. The highest BCUT2D eigenvalue weighted by Gasteiger charge is 2.61. The van der Waals surface area contributed by atoms with Gasteiger partial charge in [-0.1, -0.05) is 93.5 Å². The number of allylic oxidation sites excluding steroid dienone is 2. The van der Waals surface area contributed by atoms with Crippen molar-refractivity contribution in [2.75, 3.05) is 0 Å². The number of rotatable bonds is 2. The van der Waals surface area contributed by atoms with Crippen molar-refractivity contribution in [3.05, 3.63) is 24.3 Å². The summed E-state index contributed by atoms with van der Waals surface area (Å²) in [4.78, 5) is 26.9. The van der Waals surface area contributed by atoms with Gasteiger partial charge in [-0.25, -0.2) is 0 Å². The van der Waals surface area contributed by atoms with Crippen LogP contribution in [0.3, 0.4) is 0 Å². The van der Waals surface area contributed by atoms with Gasteiger partial charge < -0.3 is 4.74 Å². The molecule has 0 aromatic carbocycles. The molecule has 29 heavy (non-hydrogen) atoms. The van der Waals surface area contributed by atoms with Gasteiger partial charge in [0.1, 0.15) is 0 Å². The number of ether oxygens (including phenoxy) is 1. The molecule has 2 aliphatic rings. The molecular formula is C26H42O3. The Balaban J connectivity index is 2.42. The van der Waals surface area contributed by atoms with Gasteiger partial charge in [0.05, 0.1) is 10.8 Å². The van der Waals surface area contributed by atoms with Gasteiger partial charge in [-0.15, -0.1) is 0 Å². The van der Waals surface area contributed by atoms with Crippen LogP contribution in [-0.2, 0) is 14.3 Å². The molecule has 164 valence electrons. The first-order valence-corrected chi connectivity index (χ1v) is 11.0. The highest BCUT2D eigenvalue weighted by Crippen LogP contribution is 2.61. The summed E-state index contributed by atoms with van der Waals surface area (Å²) < 4.78 is 5.68. The van der Waals surface area contributed by atoms with Crippen molar-refractivity contribution in [2.45, 2.75) is 83.1 Å². The molecule has 0 fully saturated rings. The van der Waals surface area contributed by atoms with Crippen molar-refractivity contribution in [1.82, 2.24) is 0 Å². The maximum Gasteiger partial charge on any atom is 0.323 e. The van der Waals surface area contributed by atoms with Crippen LogP contribution in [0.1, 0.15) is 83.1 Å². The standard InChI is InChI=1S/C26H42O3/c1-17-13-15-25(11,23(7,8)21(17,3)4)19(27)29-20(28)26(12)16-14-18(2)22(5,6)24(26,9)10/h13-18H,1-12H3. The van der Waals surface area contributed by atoms with Gasteiger partial charge in [-0.3, -0.25) is 9.59 Å². The second kappa shape index (κ2) is 6.56. The van der Waals surface area contributed by atoms with E-state index < -0.39 is 22.8 Å². The minimum absolute atomic E-state index is 0.121. The second-order valence-corrected chi connectivity index (χ2v) is 12.1. The van der Waals surface area contributed by atoms with Crippen LogP contribution in [0, 0.1) is 44.3 Å². The van der Waals surface area contributed by atoms with Gasteiger partial charge in [0.25, 0.3) is 0 Å². The lowest BCUT2D eigenvalue weighted by Gasteiger charge is -2.57. The van der Waals surface area contributed by atoms with Crippen molar-refractivity contribution in [3.8, 4) is 0 Å². The smallest absolute Gasteiger partial charge is 0.323 e. The average molecular weight is 403 g/mol. The zero-order valence-corrected chi connectivity index (χ0v) is 20.7. The predicted molar refractivity (Wildman–Crippen MR) is 119 cm³/mol. The third-order valence-corrected chi connectivity index (χ3v) is 10.6. The van der Waals surface area contributed by atoms with Crippen molar-refractivity contribution >= 4 is 11.9 Å². The van der Waals surface area contributed by atoms with E-state index in [0.717, 1.165) is 0 Å². The minimum Gasteiger partial charge on any atom is -0.392 e. The van der Waals surface area contributed by atoms with Crippen molar-refractivity contribution in [2.24, 2.45) is 44.3 Å². The Kier molecular flexibility index (Phi) is 5.40. The molecule has 0 bridgehead atoms. The molecule has 0 spiro atoms. The van der Waals surface area contributed by atoms with Crippen LogP contribution in [0.25, 0.3) is 0 Å². The molecule has 4 atom stereocenters. The SMILES string of the molecule is CC1C=CC(C)(C(=O)OC(=O)C2(C)C=CC(C)C(C)(C)C2(C)C)C(C)(C)C1(C)C. The lowest BCUT2D eigenvalue weighted by Crippen LogP contribution is -2.57. The van der Waals surface area contributed by atoms with Gasteiger partial charge in [0.15, 0.2) is 0 Å².